The molecule has 4 nitrogen and oxygen atoms in total. The highest BCUT2D eigenvalue weighted by Crippen LogP contribution is 2.36. The minimum Gasteiger partial charge on any atom is -0.507 e. The standard InChI is InChI=1S/C23H21N3OS/c1-16-7-8-21(27)18(11-16)13-25-23-20(12-24)19-9-10-26(15-22(19)28-23)14-17-5-3-2-4-6-17/h2-8,11,13,27H,9-10,14-15H2,1H3/p+1/b25-13+. The average molecular weight is 389 g/mol. The quantitative estimate of drug-likeness (QED) is 0.672. The van der Waals surface area contributed by atoms with E-state index in [1.807, 2.05) is 25.1 Å². The van der Waals surface area contributed by atoms with Crippen molar-refractivity contribution in [1.29, 1.82) is 5.26 Å². The Kier molecular flexibility index (Phi) is 5.25. The molecule has 0 saturated carbocycles. The van der Waals surface area contributed by atoms with Gasteiger partial charge in [0.15, 0.2) is 0 Å². The van der Waals surface area contributed by atoms with E-state index < -0.39 is 0 Å². The summed E-state index contributed by atoms with van der Waals surface area (Å²) in [6.45, 7) is 4.92. The second-order valence-corrected chi connectivity index (χ2v) is 8.29. The molecule has 28 heavy (non-hydrogen) atoms. The molecule has 0 aliphatic carbocycles. The molecule has 1 aromatic heterocycles. The van der Waals surface area contributed by atoms with Gasteiger partial charge in [-0.3, -0.25) is 0 Å². The molecule has 3 aromatic rings. The lowest BCUT2D eigenvalue weighted by Crippen LogP contribution is -3.10. The van der Waals surface area contributed by atoms with Crippen molar-refractivity contribution in [3.8, 4) is 11.8 Å². The summed E-state index contributed by atoms with van der Waals surface area (Å²) in [7, 11) is 0. The van der Waals surface area contributed by atoms with Crippen LogP contribution in [0.1, 0.15) is 32.7 Å². The minimum absolute atomic E-state index is 0.202. The van der Waals surface area contributed by atoms with Gasteiger partial charge in [0.25, 0.3) is 0 Å². The smallest absolute Gasteiger partial charge is 0.134 e. The number of aromatic hydroxyl groups is 1. The average Bonchev–Trinajstić information content (AvgIpc) is 3.06. The minimum atomic E-state index is 0.202. The van der Waals surface area contributed by atoms with E-state index in [1.54, 1.807) is 23.6 Å². The number of phenolic OH excluding ortho intramolecular Hbond substituents is 1. The maximum absolute atomic E-state index is 10.0. The highest BCUT2D eigenvalue weighted by atomic mass is 32.1. The zero-order valence-corrected chi connectivity index (χ0v) is 16.6. The lowest BCUT2D eigenvalue weighted by atomic mass is 10.0. The Labute approximate surface area is 169 Å². The lowest BCUT2D eigenvalue weighted by molar-refractivity contribution is -0.929. The topological polar surface area (TPSA) is 60.8 Å². The van der Waals surface area contributed by atoms with Crippen molar-refractivity contribution in [2.24, 2.45) is 4.99 Å². The van der Waals surface area contributed by atoms with Crippen molar-refractivity contribution < 1.29 is 10.0 Å². The summed E-state index contributed by atoms with van der Waals surface area (Å²) in [6, 6.07) is 18.3. The summed E-state index contributed by atoms with van der Waals surface area (Å²) in [5.41, 5.74) is 4.93. The van der Waals surface area contributed by atoms with Gasteiger partial charge in [-0.1, -0.05) is 42.0 Å². The second-order valence-electron chi connectivity index (χ2n) is 7.21. The number of aliphatic imine (C=N–C) groups is 1. The SMILES string of the molecule is Cc1ccc(O)c(/C=N/c2sc3c(c2C#N)CC[NH+](Cc2ccccc2)C3)c1. The van der Waals surface area contributed by atoms with E-state index >= 15 is 0 Å². The van der Waals surface area contributed by atoms with Crippen molar-refractivity contribution in [3.05, 3.63) is 81.2 Å². The fourth-order valence-corrected chi connectivity index (χ4v) is 4.88. The fourth-order valence-electron chi connectivity index (χ4n) is 3.67. The number of fused-ring (bicyclic) bond motifs is 1. The summed E-state index contributed by atoms with van der Waals surface area (Å²) < 4.78 is 0. The van der Waals surface area contributed by atoms with E-state index in [0.29, 0.717) is 11.1 Å². The highest BCUT2D eigenvalue weighted by Gasteiger charge is 2.26. The van der Waals surface area contributed by atoms with Gasteiger partial charge in [-0.05, 0) is 24.6 Å². The Bertz CT molecular complexity index is 1060. The molecule has 1 aliphatic rings. The Morgan fingerprint density at radius 2 is 2.07 bits per heavy atom. The molecule has 0 bridgehead atoms. The molecule has 0 amide bonds. The molecule has 2 N–H and O–H groups in total. The van der Waals surface area contributed by atoms with Crippen LogP contribution in [0.4, 0.5) is 5.00 Å². The first-order valence-corrected chi connectivity index (χ1v) is 10.2. The lowest BCUT2D eigenvalue weighted by Gasteiger charge is -2.23. The molecule has 5 heteroatoms. The predicted molar refractivity (Wildman–Crippen MR) is 113 cm³/mol. The Balaban J connectivity index is 1.57. The van der Waals surface area contributed by atoms with Crippen LogP contribution in [-0.4, -0.2) is 17.9 Å². The van der Waals surface area contributed by atoms with Crippen molar-refractivity contribution >= 4 is 22.6 Å². The van der Waals surface area contributed by atoms with Crippen LogP contribution >= 0.6 is 11.3 Å². The van der Waals surface area contributed by atoms with Crippen LogP contribution in [0, 0.1) is 18.3 Å². The van der Waals surface area contributed by atoms with Crippen molar-refractivity contribution in [1.82, 2.24) is 0 Å². The van der Waals surface area contributed by atoms with Gasteiger partial charge >= 0.3 is 0 Å². The maximum Gasteiger partial charge on any atom is 0.134 e. The molecule has 140 valence electrons. The predicted octanol–water partition coefficient (Wildman–Crippen LogP) is 3.53. The molecule has 0 radical (unpaired) electrons. The number of hydrogen-bond acceptors (Lipinski definition) is 4. The van der Waals surface area contributed by atoms with E-state index in [1.165, 1.54) is 15.3 Å². The number of nitriles is 1. The van der Waals surface area contributed by atoms with Gasteiger partial charge in [0, 0.05) is 23.8 Å². The molecule has 1 unspecified atom stereocenters. The van der Waals surface area contributed by atoms with E-state index in [0.717, 1.165) is 42.2 Å². The van der Waals surface area contributed by atoms with Crippen molar-refractivity contribution in [2.45, 2.75) is 26.4 Å². The zero-order chi connectivity index (χ0) is 19.5. The molecule has 1 aliphatic heterocycles. The number of quaternary nitrogens is 1. The number of hydrogen-bond donors (Lipinski definition) is 2. The van der Waals surface area contributed by atoms with E-state index in [2.05, 4.69) is 35.3 Å². The molecular formula is C23H22N3OS+. The van der Waals surface area contributed by atoms with Crippen LogP contribution in [-0.2, 0) is 19.5 Å². The van der Waals surface area contributed by atoms with Gasteiger partial charge in [0.05, 0.1) is 17.0 Å². The van der Waals surface area contributed by atoms with Crippen LogP contribution in [0.25, 0.3) is 0 Å². The summed E-state index contributed by atoms with van der Waals surface area (Å²) >= 11 is 1.61. The first-order chi connectivity index (χ1) is 13.6. The number of nitrogens with zero attached hydrogens (tertiary/aromatic N) is 2. The Hall–Kier alpha value is -2.94. The van der Waals surface area contributed by atoms with Crippen molar-refractivity contribution in [2.75, 3.05) is 6.54 Å². The molecule has 0 fully saturated rings. The first kappa shape index (κ1) is 18.4. The number of nitrogens with one attached hydrogen (secondary N) is 1. The molecule has 2 aromatic carbocycles. The van der Waals surface area contributed by atoms with Gasteiger partial charge < -0.3 is 10.0 Å². The number of thiophene rings is 1. The third kappa shape index (κ3) is 3.84. The molecular weight excluding hydrogens is 366 g/mol. The second kappa shape index (κ2) is 7.97. The molecule has 2 heterocycles. The first-order valence-electron chi connectivity index (χ1n) is 9.40. The van der Waals surface area contributed by atoms with Crippen LogP contribution in [0.15, 0.2) is 53.5 Å². The third-order valence-corrected chi connectivity index (χ3v) is 6.26. The molecule has 0 saturated heterocycles. The number of aryl methyl sites for hydroxylation is 1. The molecule has 0 spiro atoms. The maximum atomic E-state index is 10.0. The van der Waals surface area contributed by atoms with E-state index in [-0.39, 0.29) is 5.75 Å². The summed E-state index contributed by atoms with van der Waals surface area (Å²) in [5.74, 6) is 0.202. The van der Waals surface area contributed by atoms with Gasteiger partial charge in [0.1, 0.15) is 29.9 Å². The fraction of sp³-hybridized carbons (Fsp3) is 0.217. The molecule has 4 rings (SSSR count). The van der Waals surface area contributed by atoms with Gasteiger partial charge in [-0.2, -0.15) is 5.26 Å². The van der Waals surface area contributed by atoms with Crippen LogP contribution in [0.2, 0.25) is 0 Å². The van der Waals surface area contributed by atoms with E-state index in [4.69, 9.17) is 0 Å². The monoisotopic (exact) mass is 388 g/mol. The largest absolute Gasteiger partial charge is 0.507 e. The Morgan fingerprint density at radius 1 is 1.25 bits per heavy atom. The van der Waals surface area contributed by atoms with Gasteiger partial charge in [-0.15, -0.1) is 11.3 Å². The zero-order valence-electron chi connectivity index (χ0n) is 15.8. The van der Waals surface area contributed by atoms with Gasteiger partial charge in [-0.25, -0.2) is 4.99 Å². The van der Waals surface area contributed by atoms with Crippen LogP contribution in [0.5, 0.6) is 5.75 Å². The van der Waals surface area contributed by atoms with E-state index in [9.17, 15) is 10.4 Å². The number of phenols is 1. The highest BCUT2D eigenvalue weighted by molar-refractivity contribution is 7.16. The summed E-state index contributed by atoms with van der Waals surface area (Å²) in [4.78, 5) is 7.33. The molecule has 1 atom stereocenters. The summed E-state index contributed by atoms with van der Waals surface area (Å²) in [5, 5.41) is 20.5. The van der Waals surface area contributed by atoms with Gasteiger partial charge in [0.2, 0.25) is 0 Å². The number of rotatable bonds is 4. The summed E-state index contributed by atoms with van der Waals surface area (Å²) in [6.07, 6.45) is 2.57. The van der Waals surface area contributed by atoms with Crippen LogP contribution < -0.4 is 4.90 Å². The normalized spacial score (nSPS) is 16.1. The van der Waals surface area contributed by atoms with Crippen LogP contribution in [0.3, 0.4) is 0 Å². The van der Waals surface area contributed by atoms with Crippen molar-refractivity contribution in [3.63, 3.8) is 0 Å². The number of benzene rings is 2. The third-order valence-electron chi connectivity index (χ3n) is 5.12. The Morgan fingerprint density at radius 3 is 2.86 bits per heavy atom.